The van der Waals surface area contributed by atoms with Crippen molar-refractivity contribution in [1.29, 1.82) is 0 Å². The molecule has 0 aliphatic heterocycles. The molecule has 0 aliphatic carbocycles. The van der Waals surface area contributed by atoms with Crippen molar-refractivity contribution in [2.75, 3.05) is 0 Å². The molecule has 1 aromatic heterocycles. The number of nitrogens with one attached hydrogen (secondary N) is 1. The van der Waals surface area contributed by atoms with Crippen LogP contribution in [0.5, 0.6) is 0 Å². The largest absolute Gasteiger partial charge is 0.358 e. The average molecular weight is 255 g/mol. The highest BCUT2D eigenvalue weighted by Gasteiger charge is 2.20. The third kappa shape index (κ3) is 1.89. The van der Waals surface area contributed by atoms with Crippen molar-refractivity contribution in [2.24, 2.45) is 0 Å². The molecule has 0 saturated carbocycles. The smallest absolute Gasteiger partial charge is 0.195 e. The molecule has 18 heavy (non-hydrogen) atoms. The van der Waals surface area contributed by atoms with Crippen molar-refractivity contribution in [3.63, 3.8) is 0 Å². The van der Waals surface area contributed by atoms with Gasteiger partial charge in [-0.3, -0.25) is 4.79 Å². The molecule has 0 radical (unpaired) electrons. The first-order chi connectivity index (χ1) is 8.21. The fraction of sp³-hybridized carbons (Fsp3) is 0.308. The first-order valence-electron chi connectivity index (χ1n) is 5.43. The minimum absolute atomic E-state index is 0.0381. The van der Waals surface area contributed by atoms with E-state index in [1.54, 1.807) is 0 Å². The van der Waals surface area contributed by atoms with E-state index in [4.69, 9.17) is 0 Å². The molecule has 5 heteroatoms. The Labute approximate surface area is 101 Å². The summed E-state index contributed by atoms with van der Waals surface area (Å²) in [7, 11) is 0. The summed E-state index contributed by atoms with van der Waals surface area (Å²) < 4.78 is 39.7. The van der Waals surface area contributed by atoms with Crippen LogP contribution in [0.3, 0.4) is 0 Å². The number of fused-ring (bicyclic) bond motifs is 1. The molecule has 0 bridgehead atoms. The summed E-state index contributed by atoms with van der Waals surface area (Å²) in [5.41, 5.74) is -0.548. The van der Waals surface area contributed by atoms with E-state index in [-0.39, 0.29) is 10.9 Å². The Bertz CT molecular complexity index is 683. The van der Waals surface area contributed by atoms with Gasteiger partial charge in [0.05, 0.1) is 10.9 Å². The number of halogens is 3. The van der Waals surface area contributed by atoms with E-state index < -0.39 is 28.3 Å². The van der Waals surface area contributed by atoms with Crippen molar-refractivity contribution in [3.05, 3.63) is 45.5 Å². The number of benzene rings is 1. The molecule has 2 nitrogen and oxygen atoms in total. The van der Waals surface area contributed by atoms with E-state index in [0.717, 1.165) is 6.07 Å². The molecule has 96 valence electrons. The second kappa shape index (κ2) is 3.86. The first kappa shape index (κ1) is 12.7. The number of H-pyrrole nitrogens is 1. The number of aromatic amines is 1. The summed E-state index contributed by atoms with van der Waals surface area (Å²) in [5.74, 6) is -4.40. The third-order valence-corrected chi connectivity index (χ3v) is 2.76. The summed E-state index contributed by atoms with van der Waals surface area (Å²) in [6.07, 6.45) is 0. The minimum Gasteiger partial charge on any atom is -0.358 e. The Morgan fingerprint density at radius 2 is 1.67 bits per heavy atom. The van der Waals surface area contributed by atoms with E-state index in [2.05, 4.69) is 4.98 Å². The maximum atomic E-state index is 13.5. The van der Waals surface area contributed by atoms with Gasteiger partial charge < -0.3 is 4.98 Å². The monoisotopic (exact) mass is 255 g/mol. The number of hydrogen-bond acceptors (Lipinski definition) is 1. The highest BCUT2D eigenvalue weighted by Crippen LogP contribution is 2.23. The topological polar surface area (TPSA) is 32.9 Å². The van der Waals surface area contributed by atoms with Gasteiger partial charge in [-0.1, -0.05) is 20.8 Å². The van der Waals surface area contributed by atoms with Crippen molar-refractivity contribution < 1.29 is 13.2 Å². The maximum Gasteiger partial charge on any atom is 0.195 e. The van der Waals surface area contributed by atoms with Gasteiger partial charge in [0.25, 0.3) is 0 Å². The lowest BCUT2D eigenvalue weighted by atomic mass is 9.91. The van der Waals surface area contributed by atoms with Gasteiger partial charge in [-0.15, -0.1) is 0 Å². The van der Waals surface area contributed by atoms with Crippen molar-refractivity contribution >= 4 is 10.9 Å². The van der Waals surface area contributed by atoms with Crippen LogP contribution in [-0.2, 0) is 5.41 Å². The van der Waals surface area contributed by atoms with Crippen LogP contribution in [0.1, 0.15) is 26.5 Å². The van der Waals surface area contributed by atoms with Gasteiger partial charge in [0.2, 0.25) is 0 Å². The SMILES string of the molecule is CC(C)(C)c1cc(=O)c2c(F)c(F)c(F)cc2[nH]1. The molecule has 2 rings (SSSR count). The highest BCUT2D eigenvalue weighted by atomic mass is 19.2. The van der Waals surface area contributed by atoms with E-state index in [0.29, 0.717) is 5.69 Å². The number of hydrogen-bond donors (Lipinski definition) is 1. The predicted molar refractivity (Wildman–Crippen MR) is 63.1 cm³/mol. The van der Waals surface area contributed by atoms with E-state index in [1.165, 1.54) is 6.07 Å². The van der Waals surface area contributed by atoms with Crippen LogP contribution in [0, 0.1) is 17.5 Å². The van der Waals surface area contributed by atoms with Gasteiger partial charge >= 0.3 is 0 Å². The molecule has 0 spiro atoms. The molecule has 1 aromatic carbocycles. The molecule has 0 unspecified atom stereocenters. The number of rotatable bonds is 0. The summed E-state index contributed by atoms with van der Waals surface area (Å²) >= 11 is 0. The van der Waals surface area contributed by atoms with Crippen LogP contribution in [0.4, 0.5) is 13.2 Å². The van der Waals surface area contributed by atoms with Crippen molar-refractivity contribution in [1.82, 2.24) is 4.98 Å². The Morgan fingerprint density at radius 3 is 2.22 bits per heavy atom. The van der Waals surface area contributed by atoms with Crippen LogP contribution < -0.4 is 5.43 Å². The van der Waals surface area contributed by atoms with Crippen molar-refractivity contribution in [3.8, 4) is 0 Å². The van der Waals surface area contributed by atoms with Gasteiger partial charge in [0, 0.05) is 23.2 Å². The number of aromatic nitrogens is 1. The van der Waals surface area contributed by atoms with Gasteiger partial charge in [0.1, 0.15) is 0 Å². The third-order valence-electron chi connectivity index (χ3n) is 2.76. The molecule has 0 aliphatic rings. The Balaban J connectivity index is 2.92. The molecule has 0 atom stereocenters. The molecular formula is C13H12F3NO. The standard InChI is InChI=1S/C13H12F3NO/c1-13(2,3)9-5-8(18)10-7(17-9)4-6(14)11(15)12(10)16/h4-5H,1-3H3,(H,17,18). The van der Waals surface area contributed by atoms with Gasteiger partial charge in [-0.2, -0.15) is 0 Å². The zero-order valence-corrected chi connectivity index (χ0v) is 10.2. The van der Waals surface area contributed by atoms with Gasteiger partial charge in [-0.05, 0) is 0 Å². The van der Waals surface area contributed by atoms with Crippen LogP contribution >= 0.6 is 0 Å². The number of pyridine rings is 1. The van der Waals surface area contributed by atoms with E-state index >= 15 is 0 Å². The van der Waals surface area contributed by atoms with Crippen LogP contribution in [0.25, 0.3) is 10.9 Å². The van der Waals surface area contributed by atoms with Gasteiger partial charge in [-0.25, -0.2) is 13.2 Å². The Kier molecular flexibility index (Phi) is 2.72. The summed E-state index contributed by atoms with van der Waals surface area (Å²) in [4.78, 5) is 14.6. The lowest BCUT2D eigenvalue weighted by Gasteiger charge is -2.19. The van der Waals surface area contributed by atoms with Crippen LogP contribution in [0.15, 0.2) is 16.9 Å². The molecule has 1 N–H and O–H groups in total. The zero-order valence-electron chi connectivity index (χ0n) is 10.2. The van der Waals surface area contributed by atoms with E-state index in [1.807, 2.05) is 20.8 Å². The molecule has 0 amide bonds. The molecule has 0 saturated heterocycles. The van der Waals surface area contributed by atoms with Crippen LogP contribution in [0.2, 0.25) is 0 Å². The normalized spacial score (nSPS) is 12.1. The van der Waals surface area contributed by atoms with E-state index in [9.17, 15) is 18.0 Å². The molecule has 1 heterocycles. The lowest BCUT2D eigenvalue weighted by molar-refractivity contribution is 0.453. The second-order valence-electron chi connectivity index (χ2n) is 5.21. The summed E-state index contributed by atoms with van der Waals surface area (Å²) in [5, 5.41) is -0.457. The lowest BCUT2D eigenvalue weighted by Crippen LogP contribution is -2.18. The summed E-state index contributed by atoms with van der Waals surface area (Å²) in [6.45, 7) is 5.54. The average Bonchev–Trinajstić information content (AvgIpc) is 2.23. The summed E-state index contributed by atoms with van der Waals surface area (Å²) in [6, 6.07) is 2.01. The fourth-order valence-electron chi connectivity index (χ4n) is 1.72. The molecular weight excluding hydrogens is 243 g/mol. The Hall–Kier alpha value is -1.78. The van der Waals surface area contributed by atoms with Crippen molar-refractivity contribution in [2.45, 2.75) is 26.2 Å². The van der Waals surface area contributed by atoms with Gasteiger partial charge in [0.15, 0.2) is 22.9 Å². The molecule has 0 fully saturated rings. The highest BCUT2D eigenvalue weighted by molar-refractivity contribution is 5.79. The second-order valence-corrected chi connectivity index (χ2v) is 5.21. The van der Waals surface area contributed by atoms with Crippen LogP contribution in [-0.4, -0.2) is 4.98 Å². The minimum atomic E-state index is -1.63. The zero-order chi connectivity index (χ0) is 13.7. The first-order valence-corrected chi connectivity index (χ1v) is 5.43. The quantitative estimate of drug-likeness (QED) is 0.720. The predicted octanol–water partition coefficient (Wildman–Crippen LogP) is 3.24. The Morgan fingerprint density at radius 1 is 1.06 bits per heavy atom. The molecule has 2 aromatic rings. The maximum absolute atomic E-state index is 13.5. The fourth-order valence-corrected chi connectivity index (χ4v) is 1.72.